The highest BCUT2D eigenvalue weighted by Crippen LogP contribution is 2.21. The highest BCUT2D eigenvalue weighted by atomic mass is 16.6. The second kappa shape index (κ2) is 7.59. The number of amides is 1. The van der Waals surface area contributed by atoms with Crippen molar-refractivity contribution in [2.75, 3.05) is 19.8 Å². The molecule has 1 aromatic carbocycles. The van der Waals surface area contributed by atoms with Crippen LogP contribution in [0, 0.1) is 6.07 Å². The van der Waals surface area contributed by atoms with Crippen molar-refractivity contribution >= 4 is 11.9 Å². The van der Waals surface area contributed by atoms with Gasteiger partial charge in [0.2, 0.25) is 5.91 Å². The molecule has 0 spiro atoms. The van der Waals surface area contributed by atoms with Gasteiger partial charge in [-0.15, -0.1) is 0 Å². The summed E-state index contributed by atoms with van der Waals surface area (Å²) in [5.41, 5.74) is -0.0113. The smallest absolute Gasteiger partial charge is 0.323 e. The average molecular weight is 317 g/mol. The first-order valence-electron chi connectivity index (χ1n) is 8.06. The molecule has 0 bridgehead atoms. The maximum Gasteiger partial charge on any atom is 0.323 e. The molecule has 1 aliphatic rings. The first-order valence-corrected chi connectivity index (χ1v) is 8.06. The number of rotatable bonds is 5. The van der Waals surface area contributed by atoms with Crippen molar-refractivity contribution in [2.24, 2.45) is 0 Å². The van der Waals surface area contributed by atoms with E-state index >= 15 is 0 Å². The zero-order chi connectivity index (χ0) is 16.9. The summed E-state index contributed by atoms with van der Waals surface area (Å²) in [6, 6.07) is 9.74. The van der Waals surface area contributed by atoms with Crippen LogP contribution in [-0.2, 0) is 14.3 Å². The lowest BCUT2D eigenvalue weighted by Crippen LogP contribution is -2.42. The van der Waals surface area contributed by atoms with Gasteiger partial charge in [0.05, 0.1) is 6.67 Å². The first-order chi connectivity index (χ1) is 10.9. The number of likely N-dealkylation sites (tertiary alicyclic amines) is 1. The fraction of sp³-hybridized carbons (Fsp3) is 0.556. The van der Waals surface area contributed by atoms with Crippen LogP contribution in [0.15, 0.2) is 24.3 Å². The zero-order valence-corrected chi connectivity index (χ0v) is 14.1. The minimum absolute atomic E-state index is 0.322. The van der Waals surface area contributed by atoms with Gasteiger partial charge in [-0.25, -0.2) is 0 Å². The molecule has 1 atom stereocenters. The Hall–Kier alpha value is -1.88. The van der Waals surface area contributed by atoms with Crippen LogP contribution in [0.2, 0.25) is 0 Å². The van der Waals surface area contributed by atoms with Crippen molar-refractivity contribution in [3.63, 3.8) is 0 Å². The van der Waals surface area contributed by atoms with Crippen molar-refractivity contribution in [3.8, 4) is 0 Å². The molecule has 1 radical (unpaired) electrons. The Labute approximate surface area is 138 Å². The van der Waals surface area contributed by atoms with E-state index in [-0.39, 0.29) is 5.91 Å². The molecule has 1 aliphatic heterocycles. The van der Waals surface area contributed by atoms with Gasteiger partial charge in [-0.3, -0.25) is 14.5 Å². The standard InChI is InChI=1S/C18H25N2O3/c1-18(2,3)23-17(22)15(14-9-5-4-6-10-14)16(21)19-13-20-11-7-8-12-20/h5-6,9-10,15H,7-8,11-13H2,1-3H3,(H,19,21). The lowest BCUT2D eigenvalue weighted by atomic mass is 9.98. The highest BCUT2D eigenvalue weighted by Gasteiger charge is 2.32. The van der Waals surface area contributed by atoms with E-state index < -0.39 is 17.5 Å². The molecule has 0 saturated carbocycles. The summed E-state index contributed by atoms with van der Waals surface area (Å²) in [7, 11) is 0. The molecule has 23 heavy (non-hydrogen) atoms. The van der Waals surface area contributed by atoms with Gasteiger partial charge >= 0.3 is 5.97 Å². The third-order valence-electron chi connectivity index (χ3n) is 3.66. The average Bonchev–Trinajstić information content (AvgIpc) is 2.98. The predicted octanol–water partition coefficient (Wildman–Crippen LogP) is 2.08. The quantitative estimate of drug-likeness (QED) is 0.667. The number of carbonyl (C=O) groups is 2. The molecule has 5 nitrogen and oxygen atoms in total. The Morgan fingerprint density at radius 3 is 2.43 bits per heavy atom. The Morgan fingerprint density at radius 1 is 1.26 bits per heavy atom. The lowest BCUT2D eigenvalue weighted by molar-refractivity contribution is -0.158. The van der Waals surface area contributed by atoms with Crippen LogP contribution in [0.4, 0.5) is 0 Å². The molecule has 125 valence electrons. The Kier molecular flexibility index (Phi) is 5.77. The number of hydrogen-bond donors (Lipinski definition) is 1. The van der Waals surface area contributed by atoms with E-state index in [2.05, 4.69) is 16.3 Å². The van der Waals surface area contributed by atoms with Crippen LogP contribution in [0.1, 0.15) is 45.1 Å². The molecule has 1 amide bonds. The maximum absolute atomic E-state index is 12.6. The normalized spacial score (nSPS) is 16.8. The third kappa shape index (κ3) is 5.36. The third-order valence-corrected chi connectivity index (χ3v) is 3.66. The molecule has 1 fully saturated rings. The lowest BCUT2D eigenvalue weighted by Gasteiger charge is -2.24. The van der Waals surface area contributed by atoms with Gasteiger partial charge in [-0.1, -0.05) is 24.3 Å². The van der Waals surface area contributed by atoms with E-state index in [1.807, 2.05) is 0 Å². The SMILES string of the molecule is CC(C)(C)OC(=O)C(C(=O)NCN1CCCC1)c1cc[c]cc1. The van der Waals surface area contributed by atoms with Crippen LogP contribution in [0.3, 0.4) is 0 Å². The molecule has 1 saturated heterocycles. The van der Waals surface area contributed by atoms with Crippen LogP contribution < -0.4 is 5.32 Å². The Morgan fingerprint density at radius 2 is 1.87 bits per heavy atom. The van der Waals surface area contributed by atoms with Crippen LogP contribution in [0.5, 0.6) is 0 Å². The number of benzene rings is 1. The molecule has 5 heteroatoms. The number of hydrogen-bond acceptors (Lipinski definition) is 4. The monoisotopic (exact) mass is 317 g/mol. The Bertz CT molecular complexity index is 531. The molecular formula is C18H25N2O3. The molecule has 1 unspecified atom stereocenters. The molecule has 1 N–H and O–H groups in total. The summed E-state index contributed by atoms with van der Waals surface area (Å²) >= 11 is 0. The number of ether oxygens (including phenoxy) is 1. The molecule has 2 rings (SSSR count). The van der Waals surface area contributed by atoms with Crippen molar-refractivity contribution in [1.29, 1.82) is 0 Å². The second-order valence-corrected chi connectivity index (χ2v) is 6.82. The van der Waals surface area contributed by atoms with Gasteiger partial charge in [-0.05, 0) is 58.3 Å². The van der Waals surface area contributed by atoms with Crippen LogP contribution >= 0.6 is 0 Å². The molecule has 1 aromatic rings. The van der Waals surface area contributed by atoms with Crippen molar-refractivity contribution in [2.45, 2.75) is 45.1 Å². The molecule has 0 aliphatic carbocycles. The predicted molar refractivity (Wildman–Crippen MR) is 87.7 cm³/mol. The van der Waals surface area contributed by atoms with E-state index in [0.717, 1.165) is 25.9 Å². The Balaban J connectivity index is 2.09. The second-order valence-electron chi connectivity index (χ2n) is 6.82. The number of nitrogens with one attached hydrogen (secondary N) is 1. The van der Waals surface area contributed by atoms with Crippen molar-refractivity contribution in [1.82, 2.24) is 10.2 Å². The summed E-state index contributed by atoms with van der Waals surface area (Å²) in [6.45, 7) is 7.82. The van der Waals surface area contributed by atoms with Gasteiger partial charge in [0.25, 0.3) is 0 Å². The summed E-state index contributed by atoms with van der Waals surface area (Å²) in [4.78, 5) is 27.2. The topological polar surface area (TPSA) is 58.6 Å². The minimum atomic E-state index is -0.952. The van der Waals surface area contributed by atoms with Crippen molar-refractivity contribution in [3.05, 3.63) is 35.9 Å². The van der Waals surface area contributed by atoms with Gasteiger partial charge < -0.3 is 10.1 Å². The number of nitrogens with zero attached hydrogens (tertiary/aromatic N) is 1. The van der Waals surface area contributed by atoms with E-state index in [1.165, 1.54) is 0 Å². The first kappa shape index (κ1) is 17.5. The molecule has 0 aromatic heterocycles. The van der Waals surface area contributed by atoms with E-state index in [0.29, 0.717) is 12.2 Å². The maximum atomic E-state index is 12.6. The van der Waals surface area contributed by atoms with E-state index in [4.69, 9.17) is 4.74 Å². The van der Waals surface area contributed by atoms with Gasteiger partial charge in [-0.2, -0.15) is 0 Å². The van der Waals surface area contributed by atoms with Gasteiger partial charge in [0.15, 0.2) is 5.92 Å². The van der Waals surface area contributed by atoms with E-state index in [1.54, 1.807) is 45.0 Å². The summed E-state index contributed by atoms with van der Waals surface area (Å²) in [5.74, 6) is -1.80. The molecule has 1 heterocycles. The largest absolute Gasteiger partial charge is 0.459 e. The molecular weight excluding hydrogens is 292 g/mol. The van der Waals surface area contributed by atoms with Crippen LogP contribution in [-0.4, -0.2) is 42.1 Å². The van der Waals surface area contributed by atoms with Gasteiger partial charge in [0.1, 0.15) is 5.60 Å². The van der Waals surface area contributed by atoms with Gasteiger partial charge in [0, 0.05) is 0 Å². The fourth-order valence-corrected chi connectivity index (χ4v) is 2.58. The summed E-state index contributed by atoms with van der Waals surface area (Å²) < 4.78 is 5.42. The van der Waals surface area contributed by atoms with Crippen LogP contribution in [0.25, 0.3) is 0 Å². The zero-order valence-electron chi connectivity index (χ0n) is 14.1. The highest BCUT2D eigenvalue weighted by molar-refractivity contribution is 6.03. The number of esters is 1. The summed E-state index contributed by atoms with van der Waals surface area (Å²) in [5, 5.41) is 2.87. The van der Waals surface area contributed by atoms with E-state index in [9.17, 15) is 9.59 Å². The van der Waals surface area contributed by atoms with Crippen molar-refractivity contribution < 1.29 is 14.3 Å². The fourth-order valence-electron chi connectivity index (χ4n) is 2.58. The minimum Gasteiger partial charge on any atom is -0.459 e. The summed E-state index contributed by atoms with van der Waals surface area (Å²) in [6.07, 6.45) is 2.31. The number of carbonyl (C=O) groups excluding carboxylic acids is 2.